The number of carbonyl (C=O) groups is 4. The molecule has 2 aliphatic heterocycles. The number of fused-ring (bicyclic) bond motifs is 6. The molecule has 13 atom stereocenters. The summed E-state index contributed by atoms with van der Waals surface area (Å²) >= 11 is 1.47. The van der Waals surface area contributed by atoms with Crippen LogP contribution in [0.15, 0.2) is 16.4 Å². The molecule has 0 spiro atoms. The average Bonchev–Trinajstić information content (AvgIpc) is 3.54. The number of aliphatic hydroxyl groups excluding tert-OH is 2. The number of β-lactam (4-membered cyclic amide) rings is 1. The highest BCUT2D eigenvalue weighted by Gasteiger charge is 2.63. The van der Waals surface area contributed by atoms with Crippen molar-refractivity contribution in [2.75, 3.05) is 32.1 Å². The SMILES string of the molecule is C#CCCOCCOC(=O)NC(CN=[N+]=[N-])NC(=O)C1=C(C)CSC2C(NC(=O)CC[C@@H](C)[C@H]3CC[C@H]4[C@@H]5C(O)C[C@@H]6C[C@H](O)CC[C@]6(C)[C@H]5CC[C@]34C)C(=O)N12. The molecule has 57 heavy (non-hydrogen) atoms. The number of rotatable bonds is 15. The van der Waals surface area contributed by atoms with Gasteiger partial charge in [0, 0.05) is 23.5 Å². The van der Waals surface area contributed by atoms with Crippen LogP contribution in [-0.4, -0.2) is 101 Å². The van der Waals surface area contributed by atoms with Gasteiger partial charge in [-0.25, -0.2) is 4.79 Å². The van der Waals surface area contributed by atoms with Crippen molar-refractivity contribution in [1.82, 2.24) is 20.9 Å². The molecule has 4 unspecified atom stereocenters. The lowest BCUT2D eigenvalue weighted by Crippen LogP contribution is -2.71. The van der Waals surface area contributed by atoms with Crippen molar-refractivity contribution in [2.45, 2.75) is 128 Å². The number of azide groups is 1. The maximum Gasteiger partial charge on any atom is 0.408 e. The predicted octanol–water partition coefficient (Wildman–Crippen LogP) is 4.59. The van der Waals surface area contributed by atoms with E-state index in [0.29, 0.717) is 66.8 Å². The molecule has 0 aromatic heterocycles. The van der Waals surface area contributed by atoms with Crippen LogP contribution in [-0.2, 0) is 23.9 Å². The van der Waals surface area contributed by atoms with Crippen LogP contribution >= 0.6 is 11.8 Å². The zero-order valence-corrected chi connectivity index (χ0v) is 34.6. The van der Waals surface area contributed by atoms with Gasteiger partial charge in [0.15, 0.2) is 0 Å². The molecule has 15 nitrogen and oxygen atoms in total. The number of ether oxygens (including phenoxy) is 2. The first-order valence-corrected chi connectivity index (χ1v) is 21.8. The number of alkyl carbamates (subject to hydrolysis) is 1. The van der Waals surface area contributed by atoms with Gasteiger partial charge in [0.05, 0.1) is 32.0 Å². The fraction of sp³-hybridized carbons (Fsp3) is 0.805. The number of thioether (sulfide) groups is 1. The molecule has 5 fully saturated rings. The van der Waals surface area contributed by atoms with Crippen LogP contribution in [0, 0.1) is 58.7 Å². The zero-order chi connectivity index (χ0) is 41.1. The molecular formula is C41H61N7O8S. The molecule has 314 valence electrons. The van der Waals surface area contributed by atoms with Crippen LogP contribution in [0.5, 0.6) is 0 Å². The minimum atomic E-state index is -1.12. The van der Waals surface area contributed by atoms with Gasteiger partial charge in [-0.05, 0) is 122 Å². The number of hydrogen-bond acceptors (Lipinski definition) is 10. The molecule has 2 heterocycles. The third-order valence-corrected chi connectivity index (χ3v) is 16.1. The Morgan fingerprint density at radius 3 is 2.60 bits per heavy atom. The summed E-state index contributed by atoms with van der Waals surface area (Å²) in [5.74, 6) is 4.03. The van der Waals surface area contributed by atoms with E-state index in [1.807, 2.05) is 0 Å². The van der Waals surface area contributed by atoms with Crippen LogP contribution < -0.4 is 16.0 Å². The van der Waals surface area contributed by atoms with Crippen molar-refractivity contribution in [1.29, 1.82) is 0 Å². The van der Waals surface area contributed by atoms with Crippen LogP contribution in [0.2, 0.25) is 0 Å². The van der Waals surface area contributed by atoms with E-state index in [9.17, 15) is 29.4 Å². The van der Waals surface area contributed by atoms with E-state index in [0.717, 1.165) is 51.4 Å². The number of terminal acetylenes is 1. The molecule has 6 aliphatic rings. The summed E-state index contributed by atoms with van der Waals surface area (Å²) in [6.45, 7) is 8.95. The first-order valence-electron chi connectivity index (χ1n) is 20.8. The Bertz CT molecular complexity index is 1670. The van der Waals surface area contributed by atoms with E-state index in [1.165, 1.54) is 16.7 Å². The van der Waals surface area contributed by atoms with Crippen LogP contribution in [0.3, 0.4) is 0 Å². The molecule has 5 N–H and O–H groups in total. The van der Waals surface area contributed by atoms with Gasteiger partial charge in [-0.3, -0.25) is 19.3 Å². The average molecular weight is 812 g/mol. The first kappa shape index (κ1) is 43.1. The van der Waals surface area contributed by atoms with Gasteiger partial charge in [-0.1, -0.05) is 25.9 Å². The van der Waals surface area contributed by atoms with Crippen molar-refractivity contribution >= 4 is 35.6 Å². The van der Waals surface area contributed by atoms with Crippen molar-refractivity contribution in [3.63, 3.8) is 0 Å². The number of aliphatic hydroxyl groups is 2. The maximum absolute atomic E-state index is 13.6. The molecular weight excluding hydrogens is 751 g/mol. The quantitative estimate of drug-likeness (QED) is 0.0297. The standard InChI is InChI=1S/C41H61N7O8S/c1-6-7-16-55-17-18-56-39(54)45-31(21-43-47-42)44-36(52)35-24(3)22-57-38-34(37(53)48(35)38)46-32(51)11-8-23(2)27-9-10-28-33-29(13-15-41(27,28)5)40(4)14-12-26(49)19-25(40)20-30(33)50/h1,23,25-31,33-34,38,49-50H,7-22H2,2-5H3,(H,44,52)(H,45,54)(H,46,51)/t23-,25+,26-,27-,28+,29+,30?,31?,33+,34?,38?,40+,41-/m1/s1. The first-order chi connectivity index (χ1) is 27.2. The predicted molar refractivity (Wildman–Crippen MR) is 213 cm³/mol. The Hall–Kier alpha value is -3.48. The summed E-state index contributed by atoms with van der Waals surface area (Å²) < 4.78 is 10.3. The summed E-state index contributed by atoms with van der Waals surface area (Å²) in [4.78, 5) is 57.0. The number of hydrogen-bond donors (Lipinski definition) is 5. The minimum absolute atomic E-state index is 0.0598. The van der Waals surface area contributed by atoms with Crippen molar-refractivity contribution in [2.24, 2.45) is 51.5 Å². The van der Waals surface area contributed by atoms with E-state index in [4.69, 9.17) is 21.4 Å². The second-order valence-electron chi connectivity index (χ2n) is 17.8. The maximum atomic E-state index is 13.6. The molecule has 0 aromatic rings. The normalized spacial score (nSPS) is 36.4. The number of carbonyl (C=O) groups excluding carboxylic acids is 4. The van der Waals surface area contributed by atoms with Crippen LogP contribution in [0.1, 0.15) is 98.3 Å². The molecule has 0 bridgehead atoms. The highest BCUT2D eigenvalue weighted by Crippen LogP contribution is 2.68. The van der Waals surface area contributed by atoms with E-state index in [-0.39, 0.29) is 66.2 Å². The van der Waals surface area contributed by atoms with Crippen molar-refractivity contribution < 1.29 is 38.9 Å². The monoisotopic (exact) mass is 811 g/mol. The lowest BCUT2D eigenvalue weighted by molar-refractivity contribution is -0.174. The van der Waals surface area contributed by atoms with Gasteiger partial charge in [-0.2, -0.15) is 0 Å². The van der Waals surface area contributed by atoms with E-state index < -0.39 is 29.6 Å². The number of amides is 4. The largest absolute Gasteiger partial charge is 0.447 e. The van der Waals surface area contributed by atoms with Crippen molar-refractivity contribution in [3.8, 4) is 12.3 Å². The van der Waals surface area contributed by atoms with Gasteiger partial charge in [0.2, 0.25) is 5.91 Å². The fourth-order valence-electron chi connectivity index (χ4n) is 11.9. The lowest BCUT2D eigenvalue weighted by atomic mass is 9.43. The highest BCUT2D eigenvalue weighted by molar-refractivity contribution is 8.00. The van der Waals surface area contributed by atoms with E-state index >= 15 is 0 Å². The van der Waals surface area contributed by atoms with Gasteiger partial charge < -0.3 is 35.6 Å². The lowest BCUT2D eigenvalue weighted by Gasteiger charge is -2.62. The summed E-state index contributed by atoms with van der Waals surface area (Å²) in [5, 5.41) is 33.1. The van der Waals surface area contributed by atoms with Gasteiger partial charge in [-0.15, -0.1) is 24.1 Å². The van der Waals surface area contributed by atoms with E-state index in [1.54, 1.807) is 6.92 Å². The number of nitrogens with zero attached hydrogens (tertiary/aromatic N) is 4. The fourth-order valence-corrected chi connectivity index (χ4v) is 13.1. The Labute approximate surface area is 340 Å². The van der Waals surface area contributed by atoms with Crippen LogP contribution in [0.4, 0.5) is 4.79 Å². The third-order valence-electron chi connectivity index (χ3n) is 14.7. The molecule has 0 aromatic carbocycles. The molecule has 6 rings (SSSR count). The second kappa shape index (κ2) is 18.2. The van der Waals surface area contributed by atoms with Crippen LogP contribution in [0.25, 0.3) is 10.4 Å². The highest BCUT2D eigenvalue weighted by atomic mass is 32.2. The summed E-state index contributed by atoms with van der Waals surface area (Å²) in [7, 11) is 0. The molecule has 16 heteroatoms. The van der Waals surface area contributed by atoms with Gasteiger partial charge >= 0.3 is 6.09 Å². The van der Waals surface area contributed by atoms with E-state index in [2.05, 4.69) is 52.7 Å². The molecule has 4 amide bonds. The molecule has 4 aliphatic carbocycles. The van der Waals surface area contributed by atoms with Gasteiger partial charge in [0.25, 0.3) is 11.8 Å². The minimum Gasteiger partial charge on any atom is -0.447 e. The Morgan fingerprint density at radius 1 is 1.09 bits per heavy atom. The topological polar surface area (TPSA) is 215 Å². The summed E-state index contributed by atoms with van der Waals surface area (Å²) in [5.41, 5.74) is 9.94. The Kier molecular flexibility index (Phi) is 13.8. The number of nitrogens with one attached hydrogen (secondary N) is 3. The molecule has 4 saturated carbocycles. The summed E-state index contributed by atoms with van der Waals surface area (Å²) in [6.07, 6.45) is 12.0. The Balaban J connectivity index is 0.996. The van der Waals surface area contributed by atoms with Crippen molar-refractivity contribution in [3.05, 3.63) is 21.7 Å². The smallest absolute Gasteiger partial charge is 0.408 e. The van der Waals surface area contributed by atoms with Gasteiger partial charge in [0.1, 0.15) is 29.9 Å². The second-order valence-corrected chi connectivity index (χ2v) is 18.9. The summed E-state index contributed by atoms with van der Waals surface area (Å²) in [6, 6.07) is -0.772. The molecule has 0 radical (unpaired) electrons. The Morgan fingerprint density at radius 2 is 1.84 bits per heavy atom. The third kappa shape index (κ3) is 8.79. The molecule has 1 saturated heterocycles. The zero-order valence-electron chi connectivity index (χ0n) is 33.8.